The molecule has 0 bridgehead atoms. The molecule has 7 heteroatoms. The molecule has 0 spiro atoms. The molecule has 0 aliphatic carbocycles. The van der Waals surface area contributed by atoms with Crippen molar-refractivity contribution >= 4 is 23.6 Å². The van der Waals surface area contributed by atoms with Gasteiger partial charge in [0.1, 0.15) is 0 Å². The predicted molar refractivity (Wildman–Crippen MR) is 100 cm³/mol. The fourth-order valence-corrected chi connectivity index (χ4v) is 2.27. The van der Waals surface area contributed by atoms with E-state index in [1.807, 2.05) is 42.5 Å². The molecule has 0 fully saturated rings. The number of aromatic nitrogens is 2. The maximum absolute atomic E-state index is 13.8. The van der Waals surface area contributed by atoms with Gasteiger partial charge in [-0.25, -0.2) is 4.39 Å². The molecule has 0 saturated carbocycles. The summed E-state index contributed by atoms with van der Waals surface area (Å²) in [4.78, 5) is 12.9. The summed E-state index contributed by atoms with van der Waals surface area (Å²) in [7, 11) is 0. The highest BCUT2D eigenvalue weighted by Crippen LogP contribution is 2.16. The third kappa shape index (κ3) is 5.26. The number of hydrogen-bond donors (Lipinski definition) is 1. The molecule has 2 aromatic carbocycles. The minimum absolute atomic E-state index is 0.0330. The number of benzene rings is 2. The summed E-state index contributed by atoms with van der Waals surface area (Å²) in [5, 5.41) is 7.37. The minimum Gasteiger partial charge on any atom is -0.363 e. The summed E-state index contributed by atoms with van der Waals surface area (Å²) in [6.45, 7) is 0.391. The topological polar surface area (TPSA) is 59.4 Å². The molecule has 0 saturated heterocycles. The lowest BCUT2D eigenvalue weighted by molar-refractivity contribution is 0.313. The van der Waals surface area contributed by atoms with E-state index >= 15 is 0 Å². The highest BCUT2D eigenvalue weighted by Gasteiger charge is 2.08. The van der Waals surface area contributed by atoms with Crippen molar-refractivity contribution in [1.29, 1.82) is 0 Å². The van der Waals surface area contributed by atoms with Gasteiger partial charge >= 0.3 is 6.01 Å². The van der Waals surface area contributed by atoms with E-state index in [9.17, 15) is 4.39 Å². The number of nitrogens with zero attached hydrogens (tertiary/aromatic N) is 3. The molecule has 1 aromatic heterocycles. The predicted octanol–water partition coefficient (Wildman–Crippen LogP) is 4.49. The molecular formula is C19H16ClFN4O. The first-order valence-electron chi connectivity index (χ1n) is 7.94. The molecule has 0 aliphatic rings. The zero-order valence-electron chi connectivity index (χ0n) is 13.8. The third-order valence-corrected chi connectivity index (χ3v) is 3.73. The van der Waals surface area contributed by atoms with E-state index in [0.717, 1.165) is 17.3 Å². The van der Waals surface area contributed by atoms with Crippen molar-refractivity contribution in [3.63, 3.8) is 0 Å². The molecule has 5 nitrogen and oxygen atoms in total. The second kappa shape index (κ2) is 8.92. The van der Waals surface area contributed by atoms with Crippen molar-refractivity contribution in [2.45, 2.75) is 13.0 Å². The average molecular weight is 371 g/mol. The number of anilines is 1. The molecular weight excluding hydrogens is 355 g/mol. The van der Waals surface area contributed by atoms with E-state index in [0.29, 0.717) is 18.0 Å². The Kier molecular flexibility index (Phi) is 6.11. The molecule has 0 unspecified atom stereocenters. The van der Waals surface area contributed by atoms with Crippen LogP contribution in [0.15, 0.2) is 65.9 Å². The van der Waals surface area contributed by atoms with E-state index in [1.54, 1.807) is 18.3 Å². The Morgan fingerprint density at radius 2 is 1.85 bits per heavy atom. The first-order chi connectivity index (χ1) is 12.7. The lowest BCUT2D eigenvalue weighted by Crippen LogP contribution is -2.05. The smallest absolute Gasteiger partial charge is 0.347 e. The monoisotopic (exact) mass is 370 g/mol. The molecule has 0 amide bonds. The van der Waals surface area contributed by atoms with Crippen LogP contribution in [0, 0.1) is 5.82 Å². The molecule has 1 N–H and O–H groups in total. The summed E-state index contributed by atoms with van der Waals surface area (Å²) < 4.78 is 13.8. The molecule has 3 aromatic rings. The first-order valence-corrected chi connectivity index (χ1v) is 8.32. The maximum atomic E-state index is 13.8. The summed E-state index contributed by atoms with van der Waals surface area (Å²) in [5.74, 6) is -0.525. The van der Waals surface area contributed by atoms with Crippen LogP contribution >= 0.6 is 11.6 Å². The lowest BCUT2D eigenvalue weighted by atomic mass is 10.2. The van der Waals surface area contributed by atoms with Gasteiger partial charge in [-0.05, 0) is 23.3 Å². The van der Waals surface area contributed by atoms with Crippen LogP contribution in [-0.4, -0.2) is 16.2 Å². The first kappa shape index (κ1) is 17.8. The van der Waals surface area contributed by atoms with E-state index < -0.39 is 5.82 Å². The number of hydrogen-bond acceptors (Lipinski definition) is 5. The van der Waals surface area contributed by atoms with Crippen LogP contribution in [0.5, 0.6) is 6.01 Å². The van der Waals surface area contributed by atoms with Gasteiger partial charge in [0, 0.05) is 24.2 Å². The van der Waals surface area contributed by atoms with E-state index in [-0.39, 0.29) is 11.8 Å². The SMILES string of the molecule is Fc1cnc(O/N=C/Cc2ccccc2)nc1NCc1ccc(Cl)cc1. The van der Waals surface area contributed by atoms with Crippen LogP contribution in [0.2, 0.25) is 5.02 Å². The summed E-state index contributed by atoms with van der Waals surface area (Å²) in [6.07, 6.45) is 3.26. The highest BCUT2D eigenvalue weighted by molar-refractivity contribution is 6.30. The van der Waals surface area contributed by atoms with Gasteiger partial charge in [-0.1, -0.05) is 59.2 Å². The van der Waals surface area contributed by atoms with Gasteiger partial charge < -0.3 is 10.2 Å². The molecule has 1 heterocycles. The quantitative estimate of drug-likeness (QED) is 0.491. The van der Waals surface area contributed by atoms with Gasteiger partial charge in [0.25, 0.3) is 0 Å². The van der Waals surface area contributed by atoms with Crippen LogP contribution in [0.3, 0.4) is 0 Å². The summed E-state index contributed by atoms with van der Waals surface area (Å²) in [5.41, 5.74) is 2.04. The second-order valence-electron chi connectivity index (χ2n) is 5.40. The van der Waals surface area contributed by atoms with Crippen molar-refractivity contribution in [2.75, 3.05) is 5.32 Å². The number of oxime groups is 1. The van der Waals surface area contributed by atoms with Crippen molar-refractivity contribution in [1.82, 2.24) is 9.97 Å². The molecule has 0 radical (unpaired) electrons. The van der Waals surface area contributed by atoms with Crippen LogP contribution in [0.1, 0.15) is 11.1 Å². The van der Waals surface area contributed by atoms with E-state index in [1.165, 1.54) is 0 Å². The van der Waals surface area contributed by atoms with Gasteiger partial charge in [0.05, 0.1) is 6.20 Å². The number of halogens is 2. The summed E-state index contributed by atoms with van der Waals surface area (Å²) in [6, 6.07) is 17.0. The summed E-state index contributed by atoms with van der Waals surface area (Å²) >= 11 is 5.84. The molecule has 132 valence electrons. The maximum Gasteiger partial charge on any atom is 0.347 e. The van der Waals surface area contributed by atoms with Crippen LogP contribution < -0.4 is 10.2 Å². The van der Waals surface area contributed by atoms with Gasteiger partial charge in [0.2, 0.25) is 0 Å². The van der Waals surface area contributed by atoms with E-state index in [2.05, 4.69) is 20.4 Å². The number of rotatable bonds is 7. The Labute approximate surface area is 155 Å². The van der Waals surface area contributed by atoms with Crippen molar-refractivity contribution < 1.29 is 9.23 Å². The van der Waals surface area contributed by atoms with Crippen LogP contribution in [0.25, 0.3) is 0 Å². The zero-order valence-corrected chi connectivity index (χ0v) is 14.5. The fourth-order valence-electron chi connectivity index (χ4n) is 2.15. The average Bonchev–Trinajstić information content (AvgIpc) is 2.67. The van der Waals surface area contributed by atoms with Gasteiger partial charge in [0.15, 0.2) is 11.6 Å². The highest BCUT2D eigenvalue weighted by atomic mass is 35.5. The molecule has 3 rings (SSSR count). The zero-order chi connectivity index (χ0) is 18.2. The minimum atomic E-state index is -0.570. The van der Waals surface area contributed by atoms with Gasteiger partial charge in [-0.2, -0.15) is 9.97 Å². The molecule has 0 atom stereocenters. The standard InChI is InChI=1S/C19H16ClFN4O/c20-16-8-6-15(7-9-16)12-22-18-17(21)13-23-19(25-18)26-24-11-10-14-4-2-1-3-5-14/h1-9,11,13H,10,12H2,(H,22,23,25)/b24-11+. The second-order valence-corrected chi connectivity index (χ2v) is 5.83. The van der Waals surface area contributed by atoms with Crippen LogP contribution in [0.4, 0.5) is 10.2 Å². The Morgan fingerprint density at radius 3 is 2.62 bits per heavy atom. The van der Waals surface area contributed by atoms with Crippen molar-refractivity contribution in [3.8, 4) is 6.01 Å². The van der Waals surface area contributed by atoms with Crippen molar-refractivity contribution in [2.24, 2.45) is 5.16 Å². The van der Waals surface area contributed by atoms with E-state index in [4.69, 9.17) is 16.4 Å². The Morgan fingerprint density at radius 1 is 1.08 bits per heavy atom. The Hall–Kier alpha value is -2.99. The molecule has 0 aliphatic heterocycles. The van der Waals surface area contributed by atoms with Gasteiger partial charge in [-0.15, -0.1) is 0 Å². The molecule has 26 heavy (non-hydrogen) atoms. The Balaban J connectivity index is 1.57. The van der Waals surface area contributed by atoms with Crippen LogP contribution in [-0.2, 0) is 13.0 Å². The normalized spacial score (nSPS) is 10.8. The van der Waals surface area contributed by atoms with Crippen molar-refractivity contribution in [3.05, 3.63) is 82.8 Å². The fraction of sp³-hybridized carbons (Fsp3) is 0.105. The van der Waals surface area contributed by atoms with Gasteiger partial charge in [-0.3, -0.25) is 0 Å². The third-order valence-electron chi connectivity index (χ3n) is 3.47. The lowest BCUT2D eigenvalue weighted by Gasteiger charge is -2.07. The Bertz CT molecular complexity index is 872. The largest absolute Gasteiger partial charge is 0.363 e. The number of nitrogens with one attached hydrogen (secondary N) is 1.